The number of benzene rings is 2. The van der Waals surface area contributed by atoms with Crippen molar-refractivity contribution < 1.29 is 32.9 Å². The van der Waals surface area contributed by atoms with Gasteiger partial charge in [-0.15, -0.1) is 0 Å². The minimum atomic E-state index is -0.759. The third-order valence-corrected chi connectivity index (χ3v) is 3.88. The van der Waals surface area contributed by atoms with Gasteiger partial charge in [0, 0.05) is 11.1 Å². The summed E-state index contributed by atoms with van der Waals surface area (Å²) in [7, 11) is 4.43. The predicted octanol–water partition coefficient (Wildman–Crippen LogP) is 3.70. The molecule has 0 bridgehead atoms. The SMILES string of the molecule is COc1cc(/C=C/C(=O)OCC(=O)Nc2ccc(Cl)cc2F)cc(OC)c1OC. The van der Waals surface area contributed by atoms with Crippen LogP contribution in [-0.4, -0.2) is 39.8 Å². The number of hydrogen-bond acceptors (Lipinski definition) is 6. The first-order valence-corrected chi connectivity index (χ1v) is 8.65. The average molecular weight is 424 g/mol. The van der Waals surface area contributed by atoms with Crippen LogP contribution in [0.3, 0.4) is 0 Å². The van der Waals surface area contributed by atoms with Gasteiger partial charge in [0.2, 0.25) is 5.75 Å². The number of esters is 1. The summed E-state index contributed by atoms with van der Waals surface area (Å²) in [5.74, 6) is -0.889. The molecule has 7 nitrogen and oxygen atoms in total. The van der Waals surface area contributed by atoms with E-state index in [2.05, 4.69) is 5.32 Å². The Hall–Kier alpha value is -3.26. The lowest BCUT2D eigenvalue weighted by Gasteiger charge is -2.12. The van der Waals surface area contributed by atoms with E-state index in [0.29, 0.717) is 22.8 Å². The number of hydrogen-bond donors (Lipinski definition) is 1. The molecule has 0 unspecified atom stereocenters. The van der Waals surface area contributed by atoms with Gasteiger partial charge in [0.05, 0.1) is 27.0 Å². The van der Waals surface area contributed by atoms with E-state index < -0.39 is 24.3 Å². The van der Waals surface area contributed by atoms with E-state index in [4.69, 9.17) is 30.5 Å². The maximum absolute atomic E-state index is 13.6. The fourth-order valence-electron chi connectivity index (χ4n) is 2.32. The zero-order valence-corrected chi connectivity index (χ0v) is 16.7. The Morgan fingerprint density at radius 3 is 2.28 bits per heavy atom. The molecule has 0 aliphatic rings. The molecule has 0 aromatic heterocycles. The lowest BCUT2D eigenvalue weighted by molar-refractivity contribution is -0.142. The average Bonchev–Trinajstić information content (AvgIpc) is 2.71. The number of carbonyl (C=O) groups excluding carboxylic acids is 2. The standard InChI is InChI=1S/C20H19ClFNO6/c1-26-16-8-12(9-17(27-2)20(16)28-3)4-7-19(25)29-11-18(24)23-15-6-5-13(21)10-14(15)22/h4-10H,11H2,1-3H3,(H,23,24)/b7-4+. The maximum atomic E-state index is 13.6. The van der Waals surface area contributed by atoms with Crippen LogP contribution in [0.15, 0.2) is 36.4 Å². The highest BCUT2D eigenvalue weighted by atomic mass is 35.5. The largest absolute Gasteiger partial charge is 0.493 e. The zero-order chi connectivity index (χ0) is 21.4. The Morgan fingerprint density at radius 2 is 1.72 bits per heavy atom. The van der Waals surface area contributed by atoms with Gasteiger partial charge in [-0.05, 0) is 42.0 Å². The van der Waals surface area contributed by atoms with E-state index in [1.807, 2.05) is 0 Å². The quantitative estimate of drug-likeness (QED) is 0.515. The molecule has 1 N–H and O–H groups in total. The van der Waals surface area contributed by atoms with E-state index in [1.54, 1.807) is 12.1 Å². The number of halogens is 2. The normalized spacial score (nSPS) is 10.5. The monoisotopic (exact) mass is 423 g/mol. The topological polar surface area (TPSA) is 83.1 Å². The number of ether oxygens (including phenoxy) is 4. The minimum Gasteiger partial charge on any atom is -0.493 e. The molecule has 0 radical (unpaired) electrons. The van der Waals surface area contributed by atoms with Crippen molar-refractivity contribution in [1.29, 1.82) is 0 Å². The van der Waals surface area contributed by atoms with Crippen LogP contribution in [-0.2, 0) is 14.3 Å². The van der Waals surface area contributed by atoms with Crippen LogP contribution in [0.2, 0.25) is 5.02 Å². The Morgan fingerprint density at radius 1 is 1.07 bits per heavy atom. The third kappa shape index (κ3) is 6.11. The Bertz CT molecular complexity index is 906. The number of anilines is 1. The molecule has 154 valence electrons. The lowest BCUT2D eigenvalue weighted by Crippen LogP contribution is -2.20. The summed E-state index contributed by atoms with van der Waals surface area (Å²) in [5.41, 5.74) is 0.521. The molecule has 0 fully saturated rings. The summed E-state index contributed by atoms with van der Waals surface area (Å²) in [6, 6.07) is 7.07. The second-order valence-electron chi connectivity index (χ2n) is 5.57. The molecule has 2 rings (SSSR count). The van der Waals surface area contributed by atoms with Gasteiger partial charge in [-0.1, -0.05) is 11.6 Å². The number of carbonyl (C=O) groups is 2. The number of methoxy groups -OCH3 is 3. The summed E-state index contributed by atoms with van der Waals surface area (Å²) in [4.78, 5) is 23.7. The summed E-state index contributed by atoms with van der Waals surface area (Å²) in [5, 5.41) is 2.49. The molecule has 0 aliphatic heterocycles. The highest BCUT2D eigenvalue weighted by molar-refractivity contribution is 6.30. The smallest absolute Gasteiger partial charge is 0.331 e. The molecule has 0 saturated heterocycles. The second-order valence-corrected chi connectivity index (χ2v) is 6.01. The van der Waals surface area contributed by atoms with Crippen LogP contribution < -0.4 is 19.5 Å². The van der Waals surface area contributed by atoms with Crippen molar-refractivity contribution >= 4 is 35.2 Å². The van der Waals surface area contributed by atoms with E-state index in [-0.39, 0.29) is 10.7 Å². The van der Waals surface area contributed by atoms with Crippen LogP contribution in [0.1, 0.15) is 5.56 Å². The van der Waals surface area contributed by atoms with E-state index >= 15 is 0 Å². The van der Waals surface area contributed by atoms with Gasteiger partial charge in [-0.2, -0.15) is 0 Å². The van der Waals surface area contributed by atoms with Gasteiger partial charge in [0.15, 0.2) is 18.1 Å². The van der Waals surface area contributed by atoms with Crippen LogP contribution >= 0.6 is 11.6 Å². The molecule has 9 heteroatoms. The van der Waals surface area contributed by atoms with Gasteiger partial charge >= 0.3 is 5.97 Å². The zero-order valence-electron chi connectivity index (χ0n) is 16.0. The number of rotatable bonds is 8. The van der Waals surface area contributed by atoms with Gasteiger partial charge in [-0.3, -0.25) is 4.79 Å². The first-order chi connectivity index (χ1) is 13.9. The van der Waals surface area contributed by atoms with Crippen molar-refractivity contribution in [3.63, 3.8) is 0 Å². The molecular weight excluding hydrogens is 405 g/mol. The van der Waals surface area contributed by atoms with Crippen LogP contribution in [0.25, 0.3) is 6.08 Å². The van der Waals surface area contributed by atoms with Crippen molar-refractivity contribution in [3.8, 4) is 17.2 Å². The molecule has 0 aliphatic carbocycles. The van der Waals surface area contributed by atoms with Crippen LogP contribution in [0.4, 0.5) is 10.1 Å². The van der Waals surface area contributed by atoms with Gasteiger partial charge in [0.1, 0.15) is 5.82 Å². The Balaban J connectivity index is 1.96. The predicted molar refractivity (Wildman–Crippen MR) is 106 cm³/mol. The van der Waals surface area contributed by atoms with E-state index in [1.165, 1.54) is 39.5 Å². The van der Waals surface area contributed by atoms with Crippen molar-refractivity contribution in [2.45, 2.75) is 0 Å². The van der Waals surface area contributed by atoms with Crippen molar-refractivity contribution in [2.24, 2.45) is 0 Å². The van der Waals surface area contributed by atoms with Crippen LogP contribution in [0, 0.1) is 5.82 Å². The lowest BCUT2D eigenvalue weighted by atomic mass is 10.1. The molecule has 0 heterocycles. The highest BCUT2D eigenvalue weighted by Crippen LogP contribution is 2.38. The van der Waals surface area contributed by atoms with Gasteiger partial charge in [-0.25, -0.2) is 9.18 Å². The Kier molecular flexibility index (Phi) is 7.85. The fraction of sp³-hybridized carbons (Fsp3) is 0.200. The molecule has 0 atom stereocenters. The molecule has 29 heavy (non-hydrogen) atoms. The fourth-order valence-corrected chi connectivity index (χ4v) is 2.48. The van der Waals surface area contributed by atoms with E-state index in [9.17, 15) is 14.0 Å². The molecule has 2 aromatic rings. The number of nitrogens with one attached hydrogen (secondary N) is 1. The van der Waals surface area contributed by atoms with Crippen molar-refractivity contribution in [1.82, 2.24) is 0 Å². The molecule has 0 spiro atoms. The summed E-state index contributed by atoms with van der Waals surface area (Å²) >= 11 is 5.64. The molecular formula is C20H19ClFNO6. The first kappa shape index (κ1) is 22.0. The van der Waals surface area contributed by atoms with Gasteiger partial charge in [0.25, 0.3) is 5.91 Å². The number of amides is 1. The Labute approximate surface area is 172 Å². The van der Waals surface area contributed by atoms with Gasteiger partial charge < -0.3 is 24.3 Å². The summed E-state index contributed by atoms with van der Waals surface area (Å²) < 4.78 is 34.2. The highest BCUT2D eigenvalue weighted by Gasteiger charge is 2.13. The van der Waals surface area contributed by atoms with Crippen molar-refractivity contribution in [2.75, 3.05) is 33.3 Å². The van der Waals surface area contributed by atoms with E-state index in [0.717, 1.165) is 12.1 Å². The second kappa shape index (κ2) is 10.3. The minimum absolute atomic E-state index is 0.0663. The molecule has 2 aromatic carbocycles. The first-order valence-electron chi connectivity index (χ1n) is 8.27. The van der Waals surface area contributed by atoms with Crippen LogP contribution in [0.5, 0.6) is 17.2 Å². The summed E-state index contributed by atoms with van der Waals surface area (Å²) in [6.45, 7) is -0.583. The molecule has 0 saturated carbocycles. The summed E-state index contributed by atoms with van der Waals surface area (Å²) in [6.07, 6.45) is 2.60. The molecule has 1 amide bonds. The third-order valence-electron chi connectivity index (χ3n) is 3.65. The maximum Gasteiger partial charge on any atom is 0.331 e. The van der Waals surface area contributed by atoms with Crippen molar-refractivity contribution in [3.05, 3.63) is 52.8 Å².